The number of esters is 1. The highest BCUT2D eigenvalue weighted by Crippen LogP contribution is 2.39. The minimum Gasteiger partial charge on any atom is -0.465 e. The number of fused-ring (bicyclic) bond motifs is 2. The van der Waals surface area contributed by atoms with Gasteiger partial charge in [-0.2, -0.15) is 5.10 Å². The topological polar surface area (TPSA) is 86.1 Å². The summed E-state index contributed by atoms with van der Waals surface area (Å²) in [5.41, 5.74) is 2.22. The third kappa shape index (κ3) is 3.45. The van der Waals surface area contributed by atoms with E-state index in [4.69, 9.17) is 4.74 Å². The van der Waals surface area contributed by atoms with Crippen LogP contribution in [0.5, 0.6) is 0 Å². The first-order valence-corrected chi connectivity index (χ1v) is 10.3. The molecule has 0 radical (unpaired) electrons. The summed E-state index contributed by atoms with van der Waals surface area (Å²) in [5, 5.41) is 7.73. The van der Waals surface area contributed by atoms with Gasteiger partial charge < -0.3 is 10.1 Å². The van der Waals surface area contributed by atoms with E-state index in [0.717, 1.165) is 29.7 Å². The Morgan fingerprint density at radius 1 is 1.33 bits per heavy atom. The second-order valence-corrected chi connectivity index (χ2v) is 8.30. The lowest BCUT2D eigenvalue weighted by Gasteiger charge is -2.08. The summed E-state index contributed by atoms with van der Waals surface area (Å²) in [7, 11) is 1.31. The largest absolute Gasteiger partial charge is 0.465 e. The van der Waals surface area contributed by atoms with Crippen LogP contribution in [0.25, 0.3) is 11.0 Å². The number of anilines is 1. The lowest BCUT2D eigenvalue weighted by Crippen LogP contribution is -2.21. The van der Waals surface area contributed by atoms with Crippen molar-refractivity contribution in [3.8, 4) is 0 Å². The normalized spacial score (nSPS) is 13.1. The number of aryl methyl sites for hydroxylation is 3. The quantitative estimate of drug-likeness (QED) is 0.615. The summed E-state index contributed by atoms with van der Waals surface area (Å²) >= 11 is 1.37. The van der Waals surface area contributed by atoms with Crippen molar-refractivity contribution in [2.24, 2.45) is 0 Å². The number of halogens is 2. The Morgan fingerprint density at radius 3 is 2.80 bits per heavy atom. The van der Waals surface area contributed by atoms with Gasteiger partial charge in [-0.3, -0.25) is 4.79 Å². The number of thiophene rings is 1. The number of carbonyl (C=O) groups is 2. The average Bonchev–Trinajstić information content (AvgIpc) is 3.34. The molecule has 3 aromatic heterocycles. The van der Waals surface area contributed by atoms with Crippen LogP contribution in [0.2, 0.25) is 0 Å². The molecular formula is C20H20F2N4O3S. The maximum Gasteiger partial charge on any atom is 0.341 e. The first-order chi connectivity index (χ1) is 14.3. The van der Waals surface area contributed by atoms with E-state index in [1.54, 1.807) is 13.8 Å². The zero-order chi connectivity index (χ0) is 21.6. The molecule has 0 fully saturated rings. The van der Waals surface area contributed by atoms with Crippen molar-refractivity contribution in [3.63, 3.8) is 0 Å². The molecule has 3 heterocycles. The Hall–Kier alpha value is -2.88. The molecule has 0 bridgehead atoms. The van der Waals surface area contributed by atoms with Crippen LogP contribution in [0.15, 0.2) is 6.07 Å². The first kappa shape index (κ1) is 20.4. The number of rotatable bonds is 5. The number of hydrogen-bond donors (Lipinski definition) is 1. The molecule has 30 heavy (non-hydrogen) atoms. The predicted octanol–water partition coefficient (Wildman–Crippen LogP) is 3.96. The number of pyridine rings is 1. The van der Waals surface area contributed by atoms with Gasteiger partial charge in [-0.25, -0.2) is 23.2 Å². The Kier molecular flexibility index (Phi) is 5.27. The smallest absolute Gasteiger partial charge is 0.341 e. The first-order valence-electron chi connectivity index (χ1n) is 9.45. The third-order valence-corrected chi connectivity index (χ3v) is 6.34. The van der Waals surface area contributed by atoms with E-state index in [-0.39, 0.29) is 23.1 Å². The molecule has 0 saturated heterocycles. The second kappa shape index (κ2) is 7.75. The van der Waals surface area contributed by atoms with Crippen molar-refractivity contribution >= 4 is 39.2 Å². The van der Waals surface area contributed by atoms with Crippen molar-refractivity contribution in [1.82, 2.24) is 14.8 Å². The fourth-order valence-corrected chi connectivity index (χ4v) is 5.21. The van der Waals surface area contributed by atoms with E-state index in [1.807, 2.05) is 0 Å². The minimum atomic E-state index is -2.67. The predicted molar refractivity (Wildman–Crippen MR) is 108 cm³/mol. The molecule has 10 heteroatoms. The molecule has 0 aromatic carbocycles. The van der Waals surface area contributed by atoms with E-state index >= 15 is 0 Å². The summed E-state index contributed by atoms with van der Waals surface area (Å²) < 4.78 is 33.1. The van der Waals surface area contributed by atoms with Crippen LogP contribution in [0.3, 0.4) is 0 Å². The molecular weight excluding hydrogens is 414 g/mol. The number of nitrogens with zero attached hydrogens (tertiary/aromatic N) is 3. The number of ether oxygens (including phenoxy) is 1. The molecule has 1 aliphatic carbocycles. The number of hydrogen-bond acceptors (Lipinski definition) is 6. The van der Waals surface area contributed by atoms with Gasteiger partial charge in [0.05, 0.1) is 23.8 Å². The van der Waals surface area contributed by atoms with Gasteiger partial charge in [-0.1, -0.05) is 0 Å². The van der Waals surface area contributed by atoms with Gasteiger partial charge in [-0.05, 0) is 44.7 Å². The second-order valence-electron chi connectivity index (χ2n) is 7.20. The molecule has 3 aromatic rings. The molecule has 0 aliphatic heterocycles. The third-order valence-electron chi connectivity index (χ3n) is 5.13. The maximum atomic E-state index is 13.5. The van der Waals surface area contributed by atoms with Crippen LogP contribution in [0, 0.1) is 13.8 Å². The molecule has 1 aliphatic rings. The van der Waals surface area contributed by atoms with Gasteiger partial charge in [0, 0.05) is 16.1 Å². The SMILES string of the molecule is COC(=O)c1c(NC(=O)Cn2nc(C)c3c(C(F)F)cc(C)nc32)sc2c1CCC2. The molecule has 0 atom stereocenters. The van der Waals surface area contributed by atoms with Gasteiger partial charge in [0.15, 0.2) is 5.65 Å². The highest BCUT2D eigenvalue weighted by atomic mass is 32.1. The number of alkyl halides is 2. The van der Waals surface area contributed by atoms with Gasteiger partial charge in [0.2, 0.25) is 5.91 Å². The summed E-state index contributed by atoms with van der Waals surface area (Å²) in [5.74, 6) is -0.907. The van der Waals surface area contributed by atoms with Crippen LogP contribution < -0.4 is 5.32 Å². The van der Waals surface area contributed by atoms with Crippen molar-refractivity contribution in [3.05, 3.63) is 39.0 Å². The monoisotopic (exact) mass is 434 g/mol. The molecule has 0 spiro atoms. The number of methoxy groups -OCH3 is 1. The lowest BCUT2D eigenvalue weighted by molar-refractivity contribution is -0.116. The molecule has 4 rings (SSSR count). The minimum absolute atomic E-state index is 0.149. The summed E-state index contributed by atoms with van der Waals surface area (Å²) in [4.78, 5) is 30.4. The van der Waals surface area contributed by atoms with Crippen LogP contribution >= 0.6 is 11.3 Å². The molecule has 7 nitrogen and oxygen atoms in total. The Labute approximate surface area is 175 Å². The molecule has 1 N–H and O–H groups in total. The average molecular weight is 434 g/mol. The molecule has 1 amide bonds. The zero-order valence-corrected chi connectivity index (χ0v) is 17.5. The van der Waals surface area contributed by atoms with E-state index in [0.29, 0.717) is 22.0 Å². The Morgan fingerprint density at radius 2 is 2.10 bits per heavy atom. The van der Waals surface area contributed by atoms with Crippen molar-refractivity contribution in [2.45, 2.75) is 46.1 Å². The van der Waals surface area contributed by atoms with E-state index < -0.39 is 18.3 Å². The molecule has 158 valence electrons. The molecule has 0 unspecified atom stereocenters. The fraction of sp³-hybridized carbons (Fsp3) is 0.400. The van der Waals surface area contributed by atoms with E-state index in [2.05, 4.69) is 15.4 Å². The summed E-state index contributed by atoms with van der Waals surface area (Å²) in [6, 6.07) is 1.34. The van der Waals surface area contributed by atoms with Crippen LogP contribution in [0.1, 0.15) is 50.6 Å². The zero-order valence-electron chi connectivity index (χ0n) is 16.7. The van der Waals surface area contributed by atoms with Crippen molar-refractivity contribution in [2.75, 3.05) is 12.4 Å². The van der Waals surface area contributed by atoms with Crippen molar-refractivity contribution < 1.29 is 23.1 Å². The summed E-state index contributed by atoms with van der Waals surface area (Å²) in [6.07, 6.45) is -0.0671. The van der Waals surface area contributed by atoms with E-state index in [1.165, 1.54) is 29.2 Å². The van der Waals surface area contributed by atoms with Gasteiger partial charge >= 0.3 is 5.97 Å². The lowest BCUT2D eigenvalue weighted by atomic mass is 10.1. The molecule has 0 saturated carbocycles. The van der Waals surface area contributed by atoms with Crippen LogP contribution in [-0.2, 0) is 28.9 Å². The van der Waals surface area contributed by atoms with E-state index in [9.17, 15) is 18.4 Å². The Balaban J connectivity index is 1.65. The number of aromatic nitrogens is 3. The van der Waals surface area contributed by atoms with Gasteiger partial charge in [0.1, 0.15) is 11.5 Å². The summed E-state index contributed by atoms with van der Waals surface area (Å²) in [6.45, 7) is 3.01. The van der Waals surface area contributed by atoms with Crippen molar-refractivity contribution in [1.29, 1.82) is 0 Å². The Bertz CT molecular complexity index is 1170. The number of carbonyl (C=O) groups excluding carboxylic acids is 2. The fourth-order valence-electron chi connectivity index (χ4n) is 3.91. The number of nitrogens with one attached hydrogen (secondary N) is 1. The van der Waals surface area contributed by atoms with Gasteiger partial charge in [-0.15, -0.1) is 11.3 Å². The highest BCUT2D eigenvalue weighted by molar-refractivity contribution is 7.17. The number of amides is 1. The van der Waals surface area contributed by atoms with Gasteiger partial charge in [0.25, 0.3) is 6.43 Å². The highest BCUT2D eigenvalue weighted by Gasteiger charge is 2.28. The maximum absolute atomic E-state index is 13.5. The standard InChI is InChI=1S/C20H20F2N4O3S/c1-9-7-12(17(21)22)15-10(2)25-26(18(15)23-9)8-14(27)24-19-16(20(28)29-3)11-5-4-6-13(11)30-19/h7,17H,4-6,8H2,1-3H3,(H,24,27). The van der Waals surface area contributed by atoms with Crippen LogP contribution in [-0.4, -0.2) is 33.8 Å². The van der Waals surface area contributed by atoms with Crippen LogP contribution in [0.4, 0.5) is 13.8 Å².